The van der Waals surface area contributed by atoms with E-state index in [-0.39, 0.29) is 12.5 Å². The van der Waals surface area contributed by atoms with Gasteiger partial charge in [0.1, 0.15) is 5.75 Å². The summed E-state index contributed by atoms with van der Waals surface area (Å²) >= 11 is 0. The van der Waals surface area contributed by atoms with Crippen molar-refractivity contribution in [3.63, 3.8) is 0 Å². The predicted octanol–water partition coefficient (Wildman–Crippen LogP) is 2.52. The van der Waals surface area contributed by atoms with Crippen LogP contribution in [0.15, 0.2) is 29.3 Å². The topological polar surface area (TPSA) is 78.0 Å². The molecule has 0 aliphatic heterocycles. The minimum absolute atomic E-state index is 0.0512. The first-order valence-electron chi connectivity index (χ1n) is 11.2. The molecular weight excluding hydrogens is 378 g/mol. The van der Waals surface area contributed by atoms with Gasteiger partial charge in [-0.1, -0.05) is 12.1 Å². The van der Waals surface area contributed by atoms with Crippen LogP contribution in [-0.2, 0) is 11.3 Å². The van der Waals surface area contributed by atoms with Gasteiger partial charge in [-0.05, 0) is 65.2 Å². The minimum atomic E-state index is -0.0589. The number of carbonyl (C=O) groups is 1. The third-order valence-corrected chi connectivity index (χ3v) is 4.96. The standard InChI is InChI=1S/C23H39N5O2/c1-6-24-23(25-12-13-28(17(2)3)18(4)5)26-15-19-8-7-9-21(14-19)30-16-22(29)27-20-10-11-20/h7-9,14,17-18,20H,6,10-13,15-16H2,1-5H3,(H,27,29)(H2,24,25,26). The normalized spacial score (nSPS) is 14.3. The Morgan fingerprint density at radius 1 is 1.20 bits per heavy atom. The lowest BCUT2D eigenvalue weighted by Gasteiger charge is -2.30. The van der Waals surface area contributed by atoms with E-state index in [1.807, 2.05) is 24.3 Å². The van der Waals surface area contributed by atoms with E-state index < -0.39 is 0 Å². The summed E-state index contributed by atoms with van der Waals surface area (Å²) in [5.41, 5.74) is 1.04. The lowest BCUT2D eigenvalue weighted by Crippen LogP contribution is -2.45. The van der Waals surface area contributed by atoms with Crippen LogP contribution in [0.2, 0.25) is 0 Å². The second-order valence-corrected chi connectivity index (χ2v) is 8.33. The average molecular weight is 418 g/mol. The number of nitrogens with one attached hydrogen (secondary N) is 3. The van der Waals surface area contributed by atoms with Gasteiger partial charge in [-0.15, -0.1) is 0 Å². The number of carbonyl (C=O) groups excluding carboxylic acids is 1. The van der Waals surface area contributed by atoms with Gasteiger partial charge < -0.3 is 20.7 Å². The van der Waals surface area contributed by atoms with Crippen LogP contribution in [0.25, 0.3) is 0 Å². The van der Waals surface area contributed by atoms with Crippen molar-refractivity contribution in [2.75, 3.05) is 26.2 Å². The first-order chi connectivity index (χ1) is 14.4. The van der Waals surface area contributed by atoms with Crippen LogP contribution in [0, 0.1) is 0 Å². The maximum absolute atomic E-state index is 11.8. The monoisotopic (exact) mass is 417 g/mol. The number of aliphatic imine (C=N–C) groups is 1. The molecule has 0 bridgehead atoms. The Kier molecular flexibility index (Phi) is 9.94. The van der Waals surface area contributed by atoms with Gasteiger partial charge >= 0.3 is 0 Å². The highest BCUT2D eigenvalue weighted by molar-refractivity contribution is 5.79. The molecule has 1 aromatic rings. The number of amides is 1. The van der Waals surface area contributed by atoms with Crippen molar-refractivity contribution in [3.05, 3.63) is 29.8 Å². The van der Waals surface area contributed by atoms with E-state index in [2.05, 4.69) is 55.5 Å². The smallest absolute Gasteiger partial charge is 0.258 e. The third-order valence-electron chi connectivity index (χ3n) is 4.96. The zero-order valence-electron chi connectivity index (χ0n) is 19.2. The molecule has 0 radical (unpaired) electrons. The molecule has 3 N–H and O–H groups in total. The van der Waals surface area contributed by atoms with Crippen LogP contribution >= 0.6 is 0 Å². The largest absolute Gasteiger partial charge is 0.484 e. The molecule has 1 amide bonds. The highest BCUT2D eigenvalue weighted by atomic mass is 16.5. The fourth-order valence-corrected chi connectivity index (χ4v) is 3.31. The Morgan fingerprint density at radius 3 is 2.57 bits per heavy atom. The maximum Gasteiger partial charge on any atom is 0.258 e. The molecule has 2 rings (SSSR count). The van der Waals surface area contributed by atoms with E-state index in [1.54, 1.807) is 0 Å². The second-order valence-electron chi connectivity index (χ2n) is 8.33. The van der Waals surface area contributed by atoms with Crippen molar-refractivity contribution in [3.8, 4) is 5.75 Å². The summed E-state index contributed by atoms with van der Waals surface area (Å²) in [7, 11) is 0. The summed E-state index contributed by atoms with van der Waals surface area (Å²) in [6, 6.07) is 9.14. The second kappa shape index (κ2) is 12.4. The lowest BCUT2D eigenvalue weighted by atomic mass is 10.2. The zero-order chi connectivity index (χ0) is 21.9. The SMILES string of the molecule is CCNC(=NCc1cccc(OCC(=O)NC2CC2)c1)NCCN(C(C)C)C(C)C. The highest BCUT2D eigenvalue weighted by Crippen LogP contribution is 2.18. The minimum Gasteiger partial charge on any atom is -0.484 e. The van der Waals surface area contributed by atoms with Crippen molar-refractivity contribution in [1.29, 1.82) is 0 Å². The quantitative estimate of drug-likeness (QED) is 0.360. The number of benzene rings is 1. The van der Waals surface area contributed by atoms with Crippen LogP contribution in [0.1, 0.15) is 53.0 Å². The lowest BCUT2D eigenvalue weighted by molar-refractivity contribution is -0.123. The van der Waals surface area contributed by atoms with Gasteiger partial charge in [0, 0.05) is 37.8 Å². The van der Waals surface area contributed by atoms with Gasteiger partial charge in [-0.2, -0.15) is 0 Å². The number of hydrogen-bond acceptors (Lipinski definition) is 4. The summed E-state index contributed by atoms with van der Waals surface area (Å²) < 4.78 is 5.63. The Labute approximate surface area is 181 Å². The van der Waals surface area contributed by atoms with Crippen molar-refractivity contribution in [2.45, 2.75) is 72.1 Å². The van der Waals surface area contributed by atoms with Crippen molar-refractivity contribution in [2.24, 2.45) is 4.99 Å². The van der Waals surface area contributed by atoms with Gasteiger partial charge in [0.05, 0.1) is 6.54 Å². The number of ether oxygens (including phenoxy) is 1. The van der Waals surface area contributed by atoms with Crippen LogP contribution in [0.3, 0.4) is 0 Å². The Balaban J connectivity index is 1.84. The van der Waals surface area contributed by atoms with Crippen LogP contribution in [-0.4, -0.2) is 61.1 Å². The van der Waals surface area contributed by atoms with E-state index in [0.717, 1.165) is 44.0 Å². The number of rotatable bonds is 12. The number of nitrogens with zero attached hydrogens (tertiary/aromatic N) is 2. The van der Waals surface area contributed by atoms with Crippen LogP contribution < -0.4 is 20.7 Å². The van der Waals surface area contributed by atoms with Crippen molar-refractivity contribution in [1.82, 2.24) is 20.9 Å². The molecule has 1 aliphatic carbocycles. The molecule has 168 valence electrons. The average Bonchev–Trinajstić information content (AvgIpc) is 3.51. The first-order valence-corrected chi connectivity index (χ1v) is 11.2. The molecule has 0 aromatic heterocycles. The molecule has 1 saturated carbocycles. The van der Waals surface area contributed by atoms with Gasteiger partial charge in [0.15, 0.2) is 12.6 Å². The first kappa shape index (κ1) is 24.0. The molecule has 0 atom stereocenters. The fourth-order valence-electron chi connectivity index (χ4n) is 3.31. The molecule has 7 heteroatoms. The Bertz CT molecular complexity index is 678. The van der Waals surface area contributed by atoms with E-state index in [9.17, 15) is 4.79 Å². The molecular formula is C23H39N5O2. The molecule has 0 spiro atoms. The maximum atomic E-state index is 11.8. The van der Waals surface area contributed by atoms with E-state index in [4.69, 9.17) is 9.73 Å². The third kappa shape index (κ3) is 9.03. The van der Waals surface area contributed by atoms with E-state index >= 15 is 0 Å². The number of guanidine groups is 1. The van der Waals surface area contributed by atoms with E-state index in [1.165, 1.54) is 0 Å². The summed E-state index contributed by atoms with van der Waals surface area (Å²) in [6.07, 6.45) is 2.16. The molecule has 7 nitrogen and oxygen atoms in total. The Morgan fingerprint density at radius 2 is 1.93 bits per heavy atom. The van der Waals surface area contributed by atoms with Gasteiger partial charge in [-0.25, -0.2) is 4.99 Å². The van der Waals surface area contributed by atoms with Crippen LogP contribution in [0.5, 0.6) is 5.75 Å². The summed E-state index contributed by atoms with van der Waals surface area (Å²) in [5.74, 6) is 1.44. The summed E-state index contributed by atoms with van der Waals surface area (Å²) in [6.45, 7) is 14.2. The molecule has 1 fully saturated rings. The highest BCUT2D eigenvalue weighted by Gasteiger charge is 2.23. The van der Waals surface area contributed by atoms with Crippen molar-refractivity contribution < 1.29 is 9.53 Å². The molecule has 0 heterocycles. The van der Waals surface area contributed by atoms with Crippen molar-refractivity contribution >= 4 is 11.9 Å². The molecule has 1 aromatic carbocycles. The summed E-state index contributed by atoms with van der Waals surface area (Å²) in [5, 5.41) is 9.65. The Hall–Kier alpha value is -2.28. The van der Waals surface area contributed by atoms with Gasteiger partial charge in [0.2, 0.25) is 0 Å². The predicted molar refractivity (Wildman–Crippen MR) is 123 cm³/mol. The van der Waals surface area contributed by atoms with E-state index in [0.29, 0.717) is 30.4 Å². The zero-order valence-corrected chi connectivity index (χ0v) is 19.2. The molecule has 0 unspecified atom stereocenters. The number of hydrogen-bond donors (Lipinski definition) is 3. The summed E-state index contributed by atoms with van der Waals surface area (Å²) in [4.78, 5) is 18.9. The van der Waals surface area contributed by atoms with Gasteiger partial charge in [0.25, 0.3) is 5.91 Å². The van der Waals surface area contributed by atoms with Gasteiger partial charge in [-0.3, -0.25) is 9.69 Å². The van der Waals surface area contributed by atoms with Crippen LogP contribution in [0.4, 0.5) is 0 Å². The fraction of sp³-hybridized carbons (Fsp3) is 0.652. The molecule has 30 heavy (non-hydrogen) atoms. The molecule has 0 saturated heterocycles. The molecule has 1 aliphatic rings.